The van der Waals surface area contributed by atoms with Crippen molar-refractivity contribution in [1.82, 2.24) is 4.98 Å². The molecule has 0 aliphatic rings. The molecule has 1 heterocycles. The number of hydrogen-bond acceptors (Lipinski definition) is 3. The molecule has 88 valence electrons. The fraction of sp³-hybridized carbons (Fsp3) is 0. The highest BCUT2D eigenvalue weighted by atomic mass is 35.5. The maximum Gasteiger partial charge on any atom is 0.153 e. The number of pyridine rings is 1. The van der Waals surface area contributed by atoms with Crippen LogP contribution >= 0.6 is 23.2 Å². The van der Waals surface area contributed by atoms with Gasteiger partial charge in [0.05, 0.1) is 21.4 Å². The molecule has 1 aromatic heterocycles. The molecule has 0 atom stereocenters. The minimum atomic E-state index is -0.399. The van der Waals surface area contributed by atoms with Crippen LogP contribution in [0.5, 0.6) is 0 Å². The SMILES string of the molecule is Nc1cc(Cl)cnc1Nc1cc(F)ccc1Cl. The summed E-state index contributed by atoms with van der Waals surface area (Å²) < 4.78 is 13.0. The largest absolute Gasteiger partial charge is 0.396 e. The van der Waals surface area contributed by atoms with Gasteiger partial charge in [-0.3, -0.25) is 0 Å². The molecule has 17 heavy (non-hydrogen) atoms. The lowest BCUT2D eigenvalue weighted by molar-refractivity contribution is 0.628. The van der Waals surface area contributed by atoms with Crippen molar-refractivity contribution < 1.29 is 4.39 Å². The third-order valence-corrected chi connectivity index (χ3v) is 2.60. The molecule has 0 aliphatic heterocycles. The maximum atomic E-state index is 13.0. The smallest absolute Gasteiger partial charge is 0.153 e. The summed E-state index contributed by atoms with van der Waals surface area (Å²) in [6.45, 7) is 0. The monoisotopic (exact) mass is 271 g/mol. The van der Waals surface area contributed by atoms with Gasteiger partial charge in [-0.25, -0.2) is 9.37 Å². The Morgan fingerprint density at radius 2 is 2.00 bits per heavy atom. The van der Waals surface area contributed by atoms with Gasteiger partial charge < -0.3 is 11.1 Å². The van der Waals surface area contributed by atoms with E-state index in [0.29, 0.717) is 27.2 Å². The second-order valence-electron chi connectivity index (χ2n) is 3.34. The Hall–Kier alpha value is -1.52. The zero-order valence-corrected chi connectivity index (χ0v) is 10.1. The van der Waals surface area contributed by atoms with E-state index in [-0.39, 0.29) is 0 Å². The fourth-order valence-electron chi connectivity index (χ4n) is 1.28. The van der Waals surface area contributed by atoms with E-state index in [4.69, 9.17) is 28.9 Å². The topological polar surface area (TPSA) is 50.9 Å². The third kappa shape index (κ3) is 2.78. The zero-order chi connectivity index (χ0) is 12.4. The van der Waals surface area contributed by atoms with Crippen LogP contribution in [0.4, 0.5) is 21.6 Å². The highest BCUT2D eigenvalue weighted by molar-refractivity contribution is 6.33. The molecule has 0 bridgehead atoms. The molecule has 0 unspecified atom stereocenters. The van der Waals surface area contributed by atoms with Gasteiger partial charge in [0.2, 0.25) is 0 Å². The van der Waals surface area contributed by atoms with Gasteiger partial charge in [0.25, 0.3) is 0 Å². The highest BCUT2D eigenvalue weighted by Crippen LogP contribution is 2.28. The van der Waals surface area contributed by atoms with Crippen LogP contribution in [0.2, 0.25) is 10.0 Å². The molecule has 6 heteroatoms. The summed E-state index contributed by atoms with van der Waals surface area (Å²) in [7, 11) is 0. The first kappa shape index (κ1) is 12.0. The number of hydrogen-bond donors (Lipinski definition) is 2. The number of benzene rings is 1. The molecule has 0 amide bonds. The van der Waals surface area contributed by atoms with Crippen LogP contribution in [0.1, 0.15) is 0 Å². The van der Waals surface area contributed by atoms with Crippen LogP contribution in [0.25, 0.3) is 0 Å². The van der Waals surface area contributed by atoms with E-state index in [1.807, 2.05) is 0 Å². The van der Waals surface area contributed by atoms with Crippen LogP contribution in [-0.4, -0.2) is 4.98 Å². The first-order valence-electron chi connectivity index (χ1n) is 4.69. The lowest BCUT2D eigenvalue weighted by Gasteiger charge is -2.09. The van der Waals surface area contributed by atoms with Crippen molar-refractivity contribution in [2.75, 3.05) is 11.1 Å². The van der Waals surface area contributed by atoms with E-state index in [9.17, 15) is 4.39 Å². The van der Waals surface area contributed by atoms with Crippen LogP contribution in [0, 0.1) is 5.82 Å². The Labute approximate surface area is 107 Å². The van der Waals surface area contributed by atoms with Crippen LogP contribution in [-0.2, 0) is 0 Å². The van der Waals surface area contributed by atoms with Crippen molar-refractivity contribution in [3.8, 4) is 0 Å². The molecule has 0 aliphatic carbocycles. The molecule has 0 saturated heterocycles. The first-order chi connectivity index (χ1) is 8.06. The molecule has 2 aromatic rings. The van der Waals surface area contributed by atoms with Crippen molar-refractivity contribution >= 4 is 40.4 Å². The van der Waals surface area contributed by atoms with Gasteiger partial charge in [-0.1, -0.05) is 23.2 Å². The standard InChI is InChI=1S/C11H8Cl2FN3/c12-6-3-9(15)11(16-5-6)17-10-4-7(14)1-2-8(10)13/h1-5H,15H2,(H,16,17). The van der Waals surface area contributed by atoms with Gasteiger partial charge in [0, 0.05) is 6.20 Å². The number of nitrogens with one attached hydrogen (secondary N) is 1. The van der Waals surface area contributed by atoms with E-state index < -0.39 is 5.82 Å². The van der Waals surface area contributed by atoms with Crippen LogP contribution in [0.3, 0.4) is 0 Å². The maximum absolute atomic E-state index is 13.0. The third-order valence-electron chi connectivity index (χ3n) is 2.07. The molecule has 0 fully saturated rings. The van der Waals surface area contributed by atoms with Crippen molar-refractivity contribution in [3.63, 3.8) is 0 Å². The van der Waals surface area contributed by atoms with E-state index in [1.165, 1.54) is 24.4 Å². The Morgan fingerprint density at radius 1 is 1.24 bits per heavy atom. The molecule has 1 aromatic carbocycles. The average Bonchev–Trinajstić information content (AvgIpc) is 2.27. The molecular formula is C11H8Cl2FN3. The quantitative estimate of drug-likeness (QED) is 0.872. The summed E-state index contributed by atoms with van der Waals surface area (Å²) in [4.78, 5) is 3.99. The van der Waals surface area contributed by atoms with E-state index >= 15 is 0 Å². The predicted molar refractivity (Wildman–Crippen MR) is 68.4 cm³/mol. The van der Waals surface area contributed by atoms with Gasteiger partial charge in [-0.15, -0.1) is 0 Å². The molecule has 3 nitrogen and oxygen atoms in total. The van der Waals surface area contributed by atoms with E-state index in [1.54, 1.807) is 6.07 Å². The normalized spacial score (nSPS) is 10.3. The Balaban J connectivity index is 2.34. The predicted octanol–water partition coefficient (Wildman–Crippen LogP) is 3.85. The van der Waals surface area contributed by atoms with Gasteiger partial charge in [0.15, 0.2) is 5.82 Å². The minimum absolute atomic E-state index is 0.359. The van der Waals surface area contributed by atoms with Crippen molar-refractivity contribution in [2.24, 2.45) is 0 Å². The van der Waals surface area contributed by atoms with Gasteiger partial charge >= 0.3 is 0 Å². The fourth-order valence-corrected chi connectivity index (χ4v) is 1.61. The second-order valence-corrected chi connectivity index (χ2v) is 4.18. The van der Waals surface area contributed by atoms with Crippen molar-refractivity contribution in [1.29, 1.82) is 0 Å². The van der Waals surface area contributed by atoms with Crippen LogP contribution in [0.15, 0.2) is 30.5 Å². The molecule has 0 spiro atoms. The molecule has 0 radical (unpaired) electrons. The number of rotatable bonds is 2. The lowest BCUT2D eigenvalue weighted by atomic mass is 10.3. The Kier molecular flexibility index (Phi) is 3.36. The van der Waals surface area contributed by atoms with Crippen LogP contribution < -0.4 is 11.1 Å². The summed E-state index contributed by atoms with van der Waals surface area (Å²) in [5.74, 6) is -0.0219. The van der Waals surface area contributed by atoms with E-state index in [0.717, 1.165) is 0 Å². The minimum Gasteiger partial charge on any atom is -0.396 e. The number of halogens is 3. The zero-order valence-electron chi connectivity index (χ0n) is 8.55. The average molecular weight is 272 g/mol. The molecule has 3 N–H and O–H groups in total. The molecule has 2 rings (SSSR count). The van der Waals surface area contributed by atoms with E-state index in [2.05, 4.69) is 10.3 Å². The number of anilines is 3. The van der Waals surface area contributed by atoms with Gasteiger partial charge in [-0.05, 0) is 24.3 Å². The number of nitrogens with zero attached hydrogens (tertiary/aromatic N) is 1. The highest BCUT2D eigenvalue weighted by Gasteiger charge is 2.06. The molecule has 0 saturated carbocycles. The second kappa shape index (κ2) is 4.77. The summed E-state index contributed by atoms with van der Waals surface area (Å²) in [6.07, 6.45) is 1.44. The number of aromatic nitrogens is 1. The lowest BCUT2D eigenvalue weighted by Crippen LogP contribution is -1.99. The van der Waals surface area contributed by atoms with Gasteiger partial charge in [0.1, 0.15) is 5.82 Å². The Morgan fingerprint density at radius 3 is 2.71 bits per heavy atom. The summed E-state index contributed by atoms with van der Waals surface area (Å²) >= 11 is 11.6. The summed E-state index contributed by atoms with van der Waals surface area (Å²) in [6, 6.07) is 5.53. The first-order valence-corrected chi connectivity index (χ1v) is 5.45. The summed E-state index contributed by atoms with van der Waals surface area (Å²) in [5.41, 5.74) is 6.47. The van der Waals surface area contributed by atoms with Crippen molar-refractivity contribution in [2.45, 2.75) is 0 Å². The van der Waals surface area contributed by atoms with Crippen molar-refractivity contribution in [3.05, 3.63) is 46.3 Å². The number of nitrogens with two attached hydrogens (primary N) is 1. The van der Waals surface area contributed by atoms with Gasteiger partial charge in [-0.2, -0.15) is 0 Å². The number of nitrogen functional groups attached to an aromatic ring is 1. The Bertz CT molecular complexity index is 560. The summed E-state index contributed by atoms with van der Waals surface area (Å²) in [5, 5.41) is 3.65. The molecular weight excluding hydrogens is 264 g/mol.